The van der Waals surface area contributed by atoms with Gasteiger partial charge in [0.2, 0.25) is 29.2 Å². The highest BCUT2D eigenvalue weighted by Crippen LogP contribution is 2.40. The number of aromatic nitrogens is 4. The molecule has 0 saturated carbocycles. The van der Waals surface area contributed by atoms with Crippen LogP contribution in [0, 0.1) is 13.8 Å². The first-order valence-electron chi connectivity index (χ1n) is 9.55. The Morgan fingerprint density at radius 1 is 0.806 bits per heavy atom. The highest BCUT2D eigenvalue weighted by Gasteiger charge is 2.19. The van der Waals surface area contributed by atoms with E-state index in [0.29, 0.717) is 46.3 Å². The molecule has 0 saturated heterocycles. The number of rotatable bonds is 7. The molecule has 0 fully saturated rings. The molecule has 0 aliphatic carbocycles. The number of hydrogen-bond acceptors (Lipinski definition) is 9. The summed E-state index contributed by atoms with van der Waals surface area (Å²) in [7, 11) is 4.64. The second-order valence-corrected chi connectivity index (χ2v) is 6.90. The first-order chi connectivity index (χ1) is 15.0. The zero-order valence-corrected chi connectivity index (χ0v) is 17.9. The van der Waals surface area contributed by atoms with Crippen LogP contribution in [-0.2, 0) is 6.42 Å². The summed E-state index contributed by atoms with van der Waals surface area (Å²) in [5, 5.41) is 12.3. The molecule has 0 spiro atoms. The van der Waals surface area contributed by atoms with Gasteiger partial charge in [-0.3, -0.25) is 0 Å². The summed E-state index contributed by atoms with van der Waals surface area (Å²) in [5.41, 5.74) is 3.88. The third-order valence-corrected chi connectivity index (χ3v) is 4.91. The van der Waals surface area contributed by atoms with Gasteiger partial charge in [0.1, 0.15) is 6.42 Å². The summed E-state index contributed by atoms with van der Waals surface area (Å²) in [6.45, 7) is 4.10. The van der Waals surface area contributed by atoms with Crippen LogP contribution in [0.3, 0.4) is 0 Å². The van der Waals surface area contributed by atoms with E-state index in [0.717, 1.165) is 11.1 Å². The molecule has 0 atom stereocenters. The molecule has 2 aromatic carbocycles. The molecule has 2 aromatic heterocycles. The van der Waals surface area contributed by atoms with E-state index in [2.05, 4.69) is 27.3 Å². The van der Waals surface area contributed by atoms with Gasteiger partial charge in [0.15, 0.2) is 11.5 Å². The van der Waals surface area contributed by atoms with Crippen molar-refractivity contribution in [2.75, 3.05) is 21.3 Å². The van der Waals surface area contributed by atoms with E-state index >= 15 is 0 Å². The minimum atomic E-state index is 0.218. The van der Waals surface area contributed by atoms with Crippen molar-refractivity contribution in [2.24, 2.45) is 0 Å². The van der Waals surface area contributed by atoms with Gasteiger partial charge in [-0.05, 0) is 49.2 Å². The van der Waals surface area contributed by atoms with E-state index in [-0.39, 0.29) is 6.42 Å². The summed E-state index contributed by atoms with van der Waals surface area (Å²) >= 11 is 0. The Morgan fingerprint density at radius 3 is 2.19 bits per heavy atom. The number of ether oxygens (including phenoxy) is 3. The van der Waals surface area contributed by atoms with E-state index in [9.17, 15) is 0 Å². The lowest BCUT2D eigenvalue weighted by molar-refractivity contribution is 0.324. The maximum absolute atomic E-state index is 5.78. The first-order valence-corrected chi connectivity index (χ1v) is 9.55. The van der Waals surface area contributed by atoms with Crippen LogP contribution in [0.2, 0.25) is 0 Å². The van der Waals surface area contributed by atoms with Crippen molar-refractivity contribution in [3.05, 3.63) is 53.2 Å². The van der Waals surface area contributed by atoms with E-state index in [1.807, 2.05) is 25.1 Å². The fourth-order valence-corrected chi connectivity index (χ4v) is 3.10. The molecule has 0 aliphatic heterocycles. The fraction of sp³-hybridized carbons (Fsp3) is 0.273. The van der Waals surface area contributed by atoms with Crippen molar-refractivity contribution in [1.29, 1.82) is 0 Å². The molecule has 9 heteroatoms. The van der Waals surface area contributed by atoms with Gasteiger partial charge in [-0.25, -0.2) is 0 Å². The Morgan fingerprint density at radius 2 is 1.55 bits per heavy atom. The highest BCUT2D eigenvalue weighted by atomic mass is 16.5. The van der Waals surface area contributed by atoms with Crippen molar-refractivity contribution >= 4 is 0 Å². The molecule has 31 heavy (non-hydrogen) atoms. The molecule has 0 unspecified atom stereocenters. The topological polar surface area (TPSA) is 106 Å². The first kappa shape index (κ1) is 20.4. The maximum Gasteiger partial charge on any atom is 0.247 e. The molecule has 0 amide bonds. The predicted octanol–water partition coefficient (Wildman–Crippen LogP) is 4.02. The Labute approximate surface area is 179 Å². The number of nitrogens with zero attached hydrogens (tertiary/aromatic N) is 4. The molecule has 0 radical (unpaired) electrons. The molecular weight excluding hydrogens is 400 g/mol. The number of hydrogen-bond donors (Lipinski definition) is 0. The van der Waals surface area contributed by atoms with Gasteiger partial charge < -0.3 is 23.2 Å². The van der Waals surface area contributed by atoms with Crippen LogP contribution in [0.15, 0.2) is 39.3 Å². The zero-order chi connectivity index (χ0) is 22.0. The van der Waals surface area contributed by atoms with E-state index < -0.39 is 0 Å². The summed E-state index contributed by atoms with van der Waals surface area (Å²) < 4.78 is 27.3. The van der Waals surface area contributed by atoms with Crippen LogP contribution in [0.5, 0.6) is 17.2 Å². The average Bonchev–Trinajstić information content (AvgIpc) is 3.44. The van der Waals surface area contributed by atoms with Crippen molar-refractivity contribution in [1.82, 2.24) is 20.3 Å². The highest BCUT2D eigenvalue weighted by molar-refractivity contribution is 5.66. The Balaban J connectivity index is 1.56. The zero-order valence-electron chi connectivity index (χ0n) is 17.9. The standard InChI is InChI=1S/C22H22N4O5/c1-12-6-7-14(8-13(12)2)22-25-24-19(30-22)11-18-23-21(26-31-18)15-9-16(27-3)20(29-5)17(10-15)28-4/h6-10H,11H2,1-5H3. The Hall–Kier alpha value is -3.88. The molecule has 0 N–H and O–H groups in total. The number of benzene rings is 2. The van der Waals surface area contributed by atoms with Crippen molar-refractivity contribution < 1.29 is 23.2 Å². The lowest BCUT2D eigenvalue weighted by Crippen LogP contribution is -1.96. The van der Waals surface area contributed by atoms with Crippen LogP contribution in [0.4, 0.5) is 0 Å². The molecule has 2 heterocycles. The van der Waals surface area contributed by atoms with Gasteiger partial charge in [0, 0.05) is 11.1 Å². The van der Waals surface area contributed by atoms with Gasteiger partial charge in [0.05, 0.1) is 21.3 Å². The van der Waals surface area contributed by atoms with Gasteiger partial charge in [-0.2, -0.15) is 4.98 Å². The summed E-state index contributed by atoms with van der Waals surface area (Å²) in [6, 6.07) is 9.49. The van der Waals surface area contributed by atoms with E-state index in [1.165, 1.54) is 5.56 Å². The number of methoxy groups -OCH3 is 3. The average molecular weight is 422 g/mol. The third kappa shape index (κ3) is 4.07. The minimum absolute atomic E-state index is 0.218. The normalized spacial score (nSPS) is 10.9. The smallest absolute Gasteiger partial charge is 0.247 e. The quantitative estimate of drug-likeness (QED) is 0.436. The SMILES string of the molecule is COc1cc(-c2noc(Cc3nnc(-c4ccc(C)c(C)c4)o3)n2)cc(OC)c1OC. The molecule has 160 valence electrons. The second kappa shape index (κ2) is 8.47. The molecule has 4 rings (SSSR count). The van der Waals surface area contributed by atoms with Gasteiger partial charge >= 0.3 is 0 Å². The summed E-state index contributed by atoms with van der Waals surface area (Å²) in [6.07, 6.45) is 0.218. The molecule has 4 aromatic rings. The lowest BCUT2D eigenvalue weighted by atomic mass is 10.1. The maximum atomic E-state index is 5.78. The predicted molar refractivity (Wildman–Crippen MR) is 111 cm³/mol. The van der Waals surface area contributed by atoms with Crippen LogP contribution in [-0.4, -0.2) is 41.7 Å². The van der Waals surface area contributed by atoms with Crippen molar-refractivity contribution in [3.63, 3.8) is 0 Å². The minimum Gasteiger partial charge on any atom is -0.493 e. The third-order valence-electron chi connectivity index (χ3n) is 4.91. The van der Waals surface area contributed by atoms with Crippen LogP contribution in [0.25, 0.3) is 22.8 Å². The number of aryl methyl sites for hydroxylation is 2. The monoisotopic (exact) mass is 422 g/mol. The summed E-state index contributed by atoms with van der Waals surface area (Å²) in [5.74, 6) is 3.04. The molecular formula is C22H22N4O5. The van der Waals surface area contributed by atoms with Crippen LogP contribution < -0.4 is 14.2 Å². The Kier molecular flexibility index (Phi) is 5.57. The van der Waals surface area contributed by atoms with Crippen molar-refractivity contribution in [3.8, 4) is 40.1 Å². The fourth-order valence-electron chi connectivity index (χ4n) is 3.10. The van der Waals surface area contributed by atoms with E-state index in [4.69, 9.17) is 23.2 Å². The molecule has 0 aliphatic rings. The lowest BCUT2D eigenvalue weighted by Gasteiger charge is -2.12. The molecule has 9 nitrogen and oxygen atoms in total. The van der Waals surface area contributed by atoms with Gasteiger partial charge in [-0.15, -0.1) is 10.2 Å². The van der Waals surface area contributed by atoms with Crippen LogP contribution in [0.1, 0.15) is 22.9 Å². The largest absolute Gasteiger partial charge is 0.493 e. The van der Waals surface area contributed by atoms with Gasteiger partial charge in [-0.1, -0.05) is 11.2 Å². The van der Waals surface area contributed by atoms with E-state index in [1.54, 1.807) is 33.5 Å². The van der Waals surface area contributed by atoms with Crippen LogP contribution >= 0.6 is 0 Å². The Bertz CT molecular complexity index is 1190. The van der Waals surface area contributed by atoms with Crippen molar-refractivity contribution in [2.45, 2.75) is 20.3 Å². The molecule has 0 bridgehead atoms. The van der Waals surface area contributed by atoms with Gasteiger partial charge in [0.25, 0.3) is 0 Å². The summed E-state index contributed by atoms with van der Waals surface area (Å²) in [4.78, 5) is 4.43. The second-order valence-electron chi connectivity index (χ2n) is 6.90.